The summed E-state index contributed by atoms with van der Waals surface area (Å²) in [4.78, 5) is 23.4. The van der Waals surface area contributed by atoms with Crippen molar-refractivity contribution in [2.24, 2.45) is 0 Å². The minimum atomic E-state index is -1.16. The number of aliphatic carboxylic acids is 1. The van der Waals surface area contributed by atoms with Crippen molar-refractivity contribution in [2.45, 2.75) is 57.1 Å². The van der Waals surface area contributed by atoms with Gasteiger partial charge in [0, 0.05) is 12.0 Å². The van der Waals surface area contributed by atoms with Crippen molar-refractivity contribution in [2.75, 3.05) is 0 Å². The van der Waals surface area contributed by atoms with Crippen LogP contribution in [0.1, 0.15) is 61.4 Å². The SMILES string of the molecule is CC(C)(O)CC(NC(=O)c1ccc(C2CCC2)cc1)C(=O)O. The van der Waals surface area contributed by atoms with Gasteiger partial charge < -0.3 is 15.5 Å². The molecule has 120 valence electrons. The fourth-order valence-corrected chi connectivity index (χ4v) is 2.59. The summed E-state index contributed by atoms with van der Waals surface area (Å²) in [5.74, 6) is -0.988. The molecule has 1 atom stereocenters. The van der Waals surface area contributed by atoms with Crippen LogP contribution in [0.25, 0.3) is 0 Å². The van der Waals surface area contributed by atoms with Gasteiger partial charge in [-0.25, -0.2) is 4.79 Å². The van der Waals surface area contributed by atoms with Crippen molar-refractivity contribution in [1.29, 1.82) is 0 Å². The Morgan fingerprint density at radius 2 is 1.86 bits per heavy atom. The summed E-state index contributed by atoms with van der Waals surface area (Å²) in [5.41, 5.74) is 0.504. The van der Waals surface area contributed by atoms with E-state index in [1.165, 1.54) is 38.7 Å². The summed E-state index contributed by atoms with van der Waals surface area (Å²) < 4.78 is 0. The molecule has 5 heteroatoms. The van der Waals surface area contributed by atoms with E-state index in [4.69, 9.17) is 5.11 Å². The average Bonchev–Trinajstić information content (AvgIpc) is 2.35. The quantitative estimate of drug-likeness (QED) is 0.752. The third kappa shape index (κ3) is 4.31. The highest BCUT2D eigenvalue weighted by atomic mass is 16.4. The number of carbonyl (C=O) groups is 2. The van der Waals surface area contributed by atoms with Crippen molar-refractivity contribution < 1.29 is 19.8 Å². The van der Waals surface area contributed by atoms with Gasteiger partial charge in [0.05, 0.1) is 5.60 Å². The minimum Gasteiger partial charge on any atom is -0.480 e. The molecule has 2 rings (SSSR count). The Morgan fingerprint density at radius 1 is 1.27 bits per heavy atom. The van der Waals surface area contributed by atoms with E-state index in [1.807, 2.05) is 12.1 Å². The molecule has 1 unspecified atom stereocenters. The maximum absolute atomic E-state index is 12.2. The Kier molecular flexibility index (Phi) is 4.86. The van der Waals surface area contributed by atoms with Gasteiger partial charge in [-0.2, -0.15) is 0 Å². The predicted molar refractivity (Wildman–Crippen MR) is 82.8 cm³/mol. The van der Waals surface area contributed by atoms with Crippen LogP contribution in [-0.2, 0) is 4.79 Å². The van der Waals surface area contributed by atoms with Crippen LogP contribution in [0.5, 0.6) is 0 Å². The van der Waals surface area contributed by atoms with Gasteiger partial charge in [0.2, 0.25) is 0 Å². The Balaban J connectivity index is 2.01. The van der Waals surface area contributed by atoms with Gasteiger partial charge in [-0.3, -0.25) is 4.79 Å². The van der Waals surface area contributed by atoms with Crippen molar-refractivity contribution >= 4 is 11.9 Å². The molecule has 0 heterocycles. The molecule has 5 nitrogen and oxygen atoms in total. The van der Waals surface area contributed by atoms with Crippen molar-refractivity contribution in [3.63, 3.8) is 0 Å². The van der Waals surface area contributed by atoms with Gasteiger partial charge in [0.15, 0.2) is 0 Å². The molecule has 0 spiro atoms. The van der Waals surface area contributed by atoms with Gasteiger partial charge >= 0.3 is 5.97 Å². The second-order valence-electron chi connectivity index (χ2n) is 6.63. The first-order chi connectivity index (χ1) is 10.3. The molecule has 0 radical (unpaired) electrons. The highest BCUT2D eigenvalue weighted by molar-refractivity contribution is 5.96. The van der Waals surface area contributed by atoms with Gasteiger partial charge in [-0.15, -0.1) is 0 Å². The van der Waals surface area contributed by atoms with Gasteiger partial charge in [-0.05, 0) is 50.3 Å². The van der Waals surface area contributed by atoms with E-state index in [9.17, 15) is 14.7 Å². The summed E-state index contributed by atoms with van der Waals surface area (Å²) in [5, 5.41) is 21.4. The number of hydrogen-bond donors (Lipinski definition) is 3. The zero-order chi connectivity index (χ0) is 16.3. The molecule has 0 aliphatic heterocycles. The number of benzene rings is 1. The topological polar surface area (TPSA) is 86.6 Å². The normalized spacial score (nSPS) is 16.7. The Labute approximate surface area is 130 Å². The number of rotatable bonds is 6. The lowest BCUT2D eigenvalue weighted by Gasteiger charge is -2.26. The van der Waals surface area contributed by atoms with Crippen LogP contribution < -0.4 is 5.32 Å². The zero-order valence-electron chi connectivity index (χ0n) is 13.0. The summed E-state index contributed by atoms with van der Waals surface area (Å²) >= 11 is 0. The average molecular weight is 305 g/mol. The maximum atomic E-state index is 12.2. The summed E-state index contributed by atoms with van der Waals surface area (Å²) in [7, 11) is 0. The van der Waals surface area contributed by atoms with E-state index in [0.717, 1.165) is 0 Å². The van der Waals surface area contributed by atoms with E-state index in [0.29, 0.717) is 11.5 Å². The van der Waals surface area contributed by atoms with Crippen molar-refractivity contribution in [1.82, 2.24) is 5.32 Å². The third-order valence-corrected chi connectivity index (χ3v) is 4.06. The molecule has 1 aliphatic rings. The monoisotopic (exact) mass is 305 g/mol. The molecule has 1 amide bonds. The van der Waals surface area contributed by atoms with E-state index >= 15 is 0 Å². The largest absolute Gasteiger partial charge is 0.480 e. The first-order valence-electron chi connectivity index (χ1n) is 7.62. The standard InChI is InChI=1S/C17H23NO4/c1-17(2,22)10-14(16(20)21)18-15(19)13-8-6-12(7-9-13)11-4-3-5-11/h6-9,11,14,22H,3-5,10H2,1-2H3,(H,18,19)(H,20,21). The smallest absolute Gasteiger partial charge is 0.326 e. The minimum absolute atomic E-state index is 0.0474. The molecule has 1 aromatic rings. The number of aliphatic hydroxyl groups is 1. The maximum Gasteiger partial charge on any atom is 0.326 e. The van der Waals surface area contributed by atoms with E-state index < -0.39 is 23.5 Å². The van der Waals surface area contributed by atoms with Gasteiger partial charge in [-0.1, -0.05) is 18.6 Å². The Hall–Kier alpha value is -1.88. The summed E-state index contributed by atoms with van der Waals surface area (Å²) in [6.45, 7) is 3.03. The molecule has 0 aromatic heterocycles. The zero-order valence-corrected chi connectivity index (χ0v) is 13.0. The number of carboxylic acids is 1. The number of amides is 1. The number of carboxylic acid groups (broad SMARTS) is 1. The molecular weight excluding hydrogens is 282 g/mol. The summed E-state index contributed by atoms with van der Waals surface area (Å²) in [6, 6.07) is 6.21. The lowest BCUT2D eigenvalue weighted by atomic mass is 9.80. The number of nitrogens with one attached hydrogen (secondary N) is 1. The third-order valence-electron chi connectivity index (χ3n) is 4.06. The highest BCUT2D eigenvalue weighted by Gasteiger charge is 2.28. The van der Waals surface area contributed by atoms with Crippen LogP contribution in [0.4, 0.5) is 0 Å². The second-order valence-corrected chi connectivity index (χ2v) is 6.63. The van der Waals surface area contributed by atoms with Crippen molar-refractivity contribution in [3.8, 4) is 0 Å². The molecule has 3 N–H and O–H groups in total. The first-order valence-corrected chi connectivity index (χ1v) is 7.62. The van der Waals surface area contributed by atoms with Crippen LogP contribution >= 0.6 is 0 Å². The molecule has 1 saturated carbocycles. The first kappa shape index (κ1) is 16.5. The number of hydrogen-bond acceptors (Lipinski definition) is 3. The van der Waals surface area contributed by atoms with E-state index in [2.05, 4.69) is 5.32 Å². The Bertz CT molecular complexity index is 541. The molecular formula is C17H23NO4. The lowest BCUT2D eigenvalue weighted by Crippen LogP contribution is -2.45. The molecule has 0 saturated heterocycles. The van der Waals surface area contributed by atoms with Crippen LogP contribution in [0.15, 0.2) is 24.3 Å². The molecule has 22 heavy (non-hydrogen) atoms. The van der Waals surface area contributed by atoms with Gasteiger partial charge in [0.25, 0.3) is 5.91 Å². The van der Waals surface area contributed by atoms with Crippen molar-refractivity contribution in [3.05, 3.63) is 35.4 Å². The van der Waals surface area contributed by atoms with Crippen LogP contribution in [0, 0.1) is 0 Å². The Morgan fingerprint density at radius 3 is 2.27 bits per heavy atom. The second kappa shape index (κ2) is 6.48. The van der Waals surface area contributed by atoms with E-state index in [-0.39, 0.29) is 6.42 Å². The fourth-order valence-electron chi connectivity index (χ4n) is 2.59. The molecule has 0 bridgehead atoms. The molecule has 1 aromatic carbocycles. The molecule has 1 aliphatic carbocycles. The van der Waals surface area contributed by atoms with Crippen LogP contribution in [0.3, 0.4) is 0 Å². The lowest BCUT2D eigenvalue weighted by molar-refractivity contribution is -0.140. The fraction of sp³-hybridized carbons (Fsp3) is 0.529. The number of carbonyl (C=O) groups excluding carboxylic acids is 1. The molecule has 1 fully saturated rings. The van der Waals surface area contributed by atoms with E-state index in [1.54, 1.807) is 12.1 Å². The highest BCUT2D eigenvalue weighted by Crippen LogP contribution is 2.36. The predicted octanol–water partition coefficient (Wildman–Crippen LogP) is 2.30. The summed E-state index contributed by atoms with van der Waals surface area (Å²) in [6.07, 6.45) is 3.59. The van der Waals surface area contributed by atoms with Gasteiger partial charge in [0.1, 0.15) is 6.04 Å². The van der Waals surface area contributed by atoms with Crippen LogP contribution in [-0.4, -0.2) is 33.7 Å². The van der Waals surface area contributed by atoms with Crippen LogP contribution in [0.2, 0.25) is 0 Å².